The first-order chi connectivity index (χ1) is 14.4. The third-order valence-corrected chi connectivity index (χ3v) is 4.44. The maximum absolute atomic E-state index is 12.1. The lowest BCUT2D eigenvalue weighted by Crippen LogP contribution is -2.37. The summed E-state index contributed by atoms with van der Waals surface area (Å²) in [6, 6.07) is 10.1. The number of carbonyl (C=O) groups excluding carboxylic acids is 3. The highest BCUT2D eigenvalue weighted by molar-refractivity contribution is 6.02. The summed E-state index contributed by atoms with van der Waals surface area (Å²) in [4.78, 5) is 35.9. The molecular weight excluding hydrogens is 388 g/mol. The largest absolute Gasteiger partial charge is 0.497 e. The Balaban J connectivity index is 1.48. The van der Waals surface area contributed by atoms with E-state index in [9.17, 15) is 14.4 Å². The smallest absolute Gasteiger partial charge is 0.325 e. The topological polar surface area (TPSA) is 107 Å². The van der Waals surface area contributed by atoms with Crippen molar-refractivity contribution in [3.63, 3.8) is 0 Å². The monoisotopic (exact) mass is 410 g/mol. The van der Waals surface area contributed by atoms with Crippen molar-refractivity contribution >= 4 is 34.6 Å². The van der Waals surface area contributed by atoms with Crippen LogP contribution in [0, 0.1) is 13.8 Å². The van der Waals surface area contributed by atoms with Crippen LogP contribution >= 0.6 is 0 Å². The predicted molar refractivity (Wildman–Crippen MR) is 111 cm³/mol. The van der Waals surface area contributed by atoms with Crippen LogP contribution in [0.4, 0.5) is 10.5 Å². The minimum Gasteiger partial charge on any atom is -0.497 e. The Kier molecular flexibility index (Phi) is 6.36. The van der Waals surface area contributed by atoms with Crippen LogP contribution in [0.5, 0.6) is 5.75 Å². The van der Waals surface area contributed by atoms with Crippen LogP contribution in [0.1, 0.15) is 16.7 Å². The number of ether oxygens (including phenoxy) is 2. The van der Waals surface area contributed by atoms with Gasteiger partial charge < -0.3 is 19.2 Å². The van der Waals surface area contributed by atoms with Crippen LogP contribution in [0.2, 0.25) is 0 Å². The van der Waals surface area contributed by atoms with Gasteiger partial charge in [0.25, 0.3) is 5.91 Å². The van der Waals surface area contributed by atoms with E-state index in [1.54, 1.807) is 31.4 Å². The molecule has 2 aromatic carbocycles. The van der Waals surface area contributed by atoms with Crippen LogP contribution in [0.25, 0.3) is 11.0 Å². The van der Waals surface area contributed by atoms with Gasteiger partial charge >= 0.3 is 12.0 Å². The lowest BCUT2D eigenvalue weighted by atomic mass is 10.1. The molecule has 3 aromatic rings. The molecule has 0 aliphatic rings. The van der Waals surface area contributed by atoms with Gasteiger partial charge in [-0.1, -0.05) is 17.7 Å². The number of benzene rings is 2. The van der Waals surface area contributed by atoms with Crippen LogP contribution in [-0.4, -0.2) is 31.6 Å². The number of hydrogen-bond acceptors (Lipinski definition) is 6. The zero-order chi connectivity index (χ0) is 21.7. The molecule has 8 heteroatoms. The molecule has 3 rings (SSSR count). The molecule has 0 spiro atoms. The van der Waals surface area contributed by atoms with Gasteiger partial charge in [-0.15, -0.1) is 0 Å². The maximum atomic E-state index is 12.1. The van der Waals surface area contributed by atoms with Crippen molar-refractivity contribution < 1.29 is 28.3 Å². The average molecular weight is 410 g/mol. The lowest BCUT2D eigenvalue weighted by Gasteiger charge is -2.10. The maximum Gasteiger partial charge on any atom is 0.325 e. The van der Waals surface area contributed by atoms with Gasteiger partial charge in [0.05, 0.1) is 19.8 Å². The first-order valence-corrected chi connectivity index (χ1v) is 9.23. The predicted octanol–water partition coefficient (Wildman–Crippen LogP) is 3.49. The molecule has 1 aromatic heterocycles. The second-order valence-electron chi connectivity index (χ2n) is 6.78. The Bertz CT molecular complexity index is 1100. The van der Waals surface area contributed by atoms with E-state index in [4.69, 9.17) is 13.9 Å². The molecule has 1 heterocycles. The van der Waals surface area contributed by atoms with Gasteiger partial charge in [-0.25, -0.2) is 4.79 Å². The number of carbonyl (C=O) groups is 3. The highest BCUT2D eigenvalue weighted by Gasteiger charge is 2.15. The molecule has 0 saturated heterocycles. The Hall–Kier alpha value is -3.81. The Morgan fingerprint density at radius 3 is 2.60 bits per heavy atom. The SMILES string of the molecule is COc1ccc2c(CC(=O)OCC(=O)NC(=O)Nc3ccc(C)cc3C)coc2c1. The fourth-order valence-electron chi connectivity index (χ4n) is 2.95. The van der Waals surface area contributed by atoms with Crippen molar-refractivity contribution in [3.8, 4) is 5.75 Å². The molecule has 0 unspecified atom stereocenters. The molecule has 0 aliphatic carbocycles. The Morgan fingerprint density at radius 2 is 1.87 bits per heavy atom. The number of esters is 1. The summed E-state index contributed by atoms with van der Waals surface area (Å²) in [6.45, 7) is 3.22. The fraction of sp³-hybridized carbons (Fsp3) is 0.227. The van der Waals surface area contributed by atoms with Gasteiger partial charge in [0, 0.05) is 22.7 Å². The highest BCUT2D eigenvalue weighted by Crippen LogP contribution is 2.26. The summed E-state index contributed by atoms with van der Waals surface area (Å²) in [5.74, 6) is -0.701. The van der Waals surface area contributed by atoms with E-state index in [1.165, 1.54) is 6.26 Å². The minimum atomic E-state index is -0.729. The zero-order valence-electron chi connectivity index (χ0n) is 16.9. The third-order valence-electron chi connectivity index (χ3n) is 4.44. The number of furan rings is 1. The van der Waals surface area contributed by atoms with Crippen molar-refractivity contribution in [2.45, 2.75) is 20.3 Å². The molecule has 3 amide bonds. The number of nitrogens with one attached hydrogen (secondary N) is 2. The van der Waals surface area contributed by atoms with Gasteiger partial charge in [0.15, 0.2) is 6.61 Å². The number of fused-ring (bicyclic) bond motifs is 1. The van der Waals surface area contributed by atoms with Gasteiger partial charge in [0.1, 0.15) is 11.3 Å². The summed E-state index contributed by atoms with van der Waals surface area (Å²) in [7, 11) is 1.55. The molecular formula is C22H22N2O6. The molecule has 0 aliphatic heterocycles. The average Bonchev–Trinajstić information content (AvgIpc) is 3.10. The number of imide groups is 1. The number of rotatable bonds is 6. The van der Waals surface area contributed by atoms with E-state index >= 15 is 0 Å². The van der Waals surface area contributed by atoms with E-state index in [0.717, 1.165) is 16.5 Å². The summed E-state index contributed by atoms with van der Waals surface area (Å²) >= 11 is 0. The van der Waals surface area contributed by atoms with Gasteiger partial charge in [-0.05, 0) is 37.6 Å². The number of anilines is 1. The zero-order valence-corrected chi connectivity index (χ0v) is 16.9. The number of methoxy groups -OCH3 is 1. The molecule has 0 radical (unpaired) electrons. The normalized spacial score (nSPS) is 10.5. The fourth-order valence-corrected chi connectivity index (χ4v) is 2.95. The van der Waals surface area contributed by atoms with E-state index in [2.05, 4.69) is 10.6 Å². The van der Waals surface area contributed by atoms with E-state index in [1.807, 2.05) is 26.0 Å². The summed E-state index contributed by atoms with van der Waals surface area (Å²) < 4.78 is 15.5. The van der Waals surface area contributed by atoms with Crippen LogP contribution in [-0.2, 0) is 20.7 Å². The van der Waals surface area contributed by atoms with E-state index < -0.39 is 24.5 Å². The van der Waals surface area contributed by atoms with Crippen molar-refractivity contribution in [2.75, 3.05) is 19.0 Å². The minimum absolute atomic E-state index is 0.0681. The molecule has 0 atom stereocenters. The van der Waals surface area contributed by atoms with Crippen molar-refractivity contribution in [2.24, 2.45) is 0 Å². The van der Waals surface area contributed by atoms with Crippen LogP contribution in [0.3, 0.4) is 0 Å². The molecule has 0 saturated carbocycles. The molecule has 8 nitrogen and oxygen atoms in total. The van der Waals surface area contributed by atoms with Crippen LogP contribution in [0.15, 0.2) is 47.1 Å². The van der Waals surface area contributed by atoms with Gasteiger partial charge in [0.2, 0.25) is 0 Å². The second kappa shape index (κ2) is 9.13. The highest BCUT2D eigenvalue weighted by atomic mass is 16.5. The molecule has 30 heavy (non-hydrogen) atoms. The third kappa shape index (κ3) is 5.16. The summed E-state index contributed by atoms with van der Waals surface area (Å²) in [6.07, 6.45) is 1.39. The van der Waals surface area contributed by atoms with E-state index in [0.29, 0.717) is 22.6 Å². The molecule has 2 N–H and O–H groups in total. The number of hydrogen-bond donors (Lipinski definition) is 2. The van der Waals surface area contributed by atoms with E-state index in [-0.39, 0.29) is 6.42 Å². The number of aryl methyl sites for hydroxylation is 2. The quantitative estimate of drug-likeness (QED) is 0.603. The second-order valence-corrected chi connectivity index (χ2v) is 6.78. The molecule has 0 fully saturated rings. The summed E-state index contributed by atoms with van der Waals surface area (Å²) in [5, 5.41) is 5.47. The van der Waals surface area contributed by atoms with Crippen molar-refractivity contribution in [1.82, 2.24) is 5.32 Å². The first-order valence-electron chi connectivity index (χ1n) is 9.23. The Labute approximate surface area is 173 Å². The molecule has 0 bridgehead atoms. The molecule has 156 valence electrons. The van der Waals surface area contributed by atoms with Crippen molar-refractivity contribution in [3.05, 3.63) is 59.4 Å². The first kappa shape index (κ1) is 20.9. The van der Waals surface area contributed by atoms with Gasteiger partial charge in [-0.2, -0.15) is 0 Å². The van der Waals surface area contributed by atoms with Crippen LogP contribution < -0.4 is 15.4 Å². The van der Waals surface area contributed by atoms with Crippen molar-refractivity contribution in [1.29, 1.82) is 0 Å². The number of urea groups is 1. The Morgan fingerprint density at radius 1 is 1.07 bits per heavy atom. The summed E-state index contributed by atoms with van der Waals surface area (Å²) in [5.41, 5.74) is 3.73. The standard InChI is InChI=1S/C22H22N2O6/c1-13-4-7-18(14(2)8-13)23-22(27)24-20(25)12-30-21(26)9-15-11-29-19-10-16(28-3)5-6-17(15)19/h4-8,10-11H,9,12H2,1-3H3,(H2,23,24,25,27). The number of amides is 3. The lowest BCUT2D eigenvalue weighted by molar-refractivity contribution is -0.147. The van der Waals surface area contributed by atoms with Gasteiger partial charge in [-0.3, -0.25) is 14.9 Å².